The Morgan fingerprint density at radius 1 is 1.31 bits per heavy atom. The lowest BCUT2D eigenvalue weighted by atomic mass is 10.1. The highest BCUT2D eigenvalue weighted by Gasteiger charge is 2.24. The second-order valence-electron chi connectivity index (χ2n) is 2.86. The number of hydrazone groups is 1. The van der Waals surface area contributed by atoms with Gasteiger partial charge < -0.3 is 11.0 Å². The van der Waals surface area contributed by atoms with Gasteiger partial charge in [0.15, 0.2) is 0 Å². The standard InChI is InChI=1S/C9H9N3O/c10-11-9-7-4-2-1-3-6(7)5-8(9)12-13/h1-4,13H,5,10H2/b11-9+,12-8+. The predicted molar refractivity (Wildman–Crippen MR) is 50.1 cm³/mol. The summed E-state index contributed by atoms with van der Waals surface area (Å²) in [6, 6.07) is 7.73. The van der Waals surface area contributed by atoms with E-state index < -0.39 is 0 Å². The molecule has 0 saturated carbocycles. The van der Waals surface area contributed by atoms with E-state index in [9.17, 15) is 0 Å². The molecule has 0 amide bonds. The molecule has 0 fully saturated rings. The van der Waals surface area contributed by atoms with Gasteiger partial charge in [-0.05, 0) is 5.56 Å². The van der Waals surface area contributed by atoms with E-state index in [1.54, 1.807) is 0 Å². The van der Waals surface area contributed by atoms with Crippen LogP contribution in [0.2, 0.25) is 0 Å². The number of hydrogen-bond acceptors (Lipinski definition) is 4. The Morgan fingerprint density at radius 3 is 2.77 bits per heavy atom. The predicted octanol–water partition coefficient (Wildman–Crippen LogP) is 0.736. The molecule has 0 heterocycles. The number of rotatable bonds is 0. The average Bonchev–Trinajstić information content (AvgIpc) is 2.55. The molecule has 0 spiro atoms. The van der Waals surface area contributed by atoms with Gasteiger partial charge in [0, 0.05) is 12.0 Å². The first-order valence-electron chi connectivity index (χ1n) is 3.94. The highest BCUT2D eigenvalue weighted by molar-refractivity contribution is 6.51. The van der Waals surface area contributed by atoms with E-state index in [-0.39, 0.29) is 0 Å². The molecular weight excluding hydrogens is 166 g/mol. The minimum Gasteiger partial charge on any atom is -0.411 e. The summed E-state index contributed by atoms with van der Waals surface area (Å²) in [6.45, 7) is 0. The van der Waals surface area contributed by atoms with E-state index in [4.69, 9.17) is 11.0 Å². The topological polar surface area (TPSA) is 71.0 Å². The molecule has 0 bridgehead atoms. The zero-order chi connectivity index (χ0) is 9.26. The summed E-state index contributed by atoms with van der Waals surface area (Å²) in [6.07, 6.45) is 0.600. The fourth-order valence-electron chi connectivity index (χ4n) is 1.55. The Bertz CT molecular complexity index is 396. The Labute approximate surface area is 75.4 Å². The SMILES string of the molecule is N/N=C1/C(=N/O)Cc2ccccc21. The van der Waals surface area contributed by atoms with Crippen molar-refractivity contribution in [1.82, 2.24) is 0 Å². The van der Waals surface area contributed by atoms with Crippen molar-refractivity contribution in [3.63, 3.8) is 0 Å². The van der Waals surface area contributed by atoms with Gasteiger partial charge in [-0.1, -0.05) is 29.4 Å². The van der Waals surface area contributed by atoms with Crippen molar-refractivity contribution in [2.45, 2.75) is 6.42 Å². The lowest BCUT2D eigenvalue weighted by Crippen LogP contribution is -2.11. The molecule has 13 heavy (non-hydrogen) atoms. The van der Waals surface area contributed by atoms with Gasteiger partial charge in [0.1, 0.15) is 11.4 Å². The first kappa shape index (κ1) is 7.79. The van der Waals surface area contributed by atoms with Crippen LogP contribution in [-0.2, 0) is 6.42 Å². The molecule has 0 radical (unpaired) electrons. The Hall–Kier alpha value is -1.84. The molecule has 3 N–H and O–H groups in total. The molecule has 4 heteroatoms. The maximum atomic E-state index is 8.69. The smallest absolute Gasteiger partial charge is 0.115 e. The molecule has 0 atom stereocenters. The Balaban J connectivity index is 2.59. The van der Waals surface area contributed by atoms with Gasteiger partial charge in [-0.2, -0.15) is 5.10 Å². The lowest BCUT2D eigenvalue weighted by Gasteiger charge is -1.95. The highest BCUT2D eigenvalue weighted by Crippen LogP contribution is 2.19. The molecule has 66 valence electrons. The summed E-state index contributed by atoms with van der Waals surface area (Å²) in [5, 5.41) is 15.5. The molecule has 1 aliphatic rings. The van der Waals surface area contributed by atoms with Gasteiger partial charge in [0.2, 0.25) is 0 Å². The van der Waals surface area contributed by atoms with Crippen LogP contribution in [-0.4, -0.2) is 16.6 Å². The fraction of sp³-hybridized carbons (Fsp3) is 0.111. The van der Waals surface area contributed by atoms with Crippen molar-refractivity contribution in [2.75, 3.05) is 0 Å². The van der Waals surface area contributed by atoms with Crippen LogP contribution in [0.3, 0.4) is 0 Å². The van der Waals surface area contributed by atoms with Crippen LogP contribution in [0.15, 0.2) is 34.5 Å². The van der Waals surface area contributed by atoms with Gasteiger partial charge >= 0.3 is 0 Å². The van der Waals surface area contributed by atoms with Crippen molar-refractivity contribution in [2.24, 2.45) is 16.1 Å². The van der Waals surface area contributed by atoms with Gasteiger partial charge in [0.25, 0.3) is 0 Å². The largest absolute Gasteiger partial charge is 0.411 e. The van der Waals surface area contributed by atoms with E-state index in [1.165, 1.54) is 0 Å². The van der Waals surface area contributed by atoms with Crippen LogP contribution < -0.4 is 5.84 Å². The molecule has 0 unspecified atom stereocenters. The van der Waals surface area contributed by atoms with Crippen molar-refractivity contribution in [1.29, 1.82) is 0 Å². The third-order valence-corrected chi connectivity index (χ3v) is 2.15. The molecule has 0 aliphatic heterocycles. The van der Waals surface area contributed by atoms with Crippen molar-refractivity contribution < 1.29 is 5.21 Å². The van der Waals surface area contributed by atoms with Crippen molar-refractivity contribution in [3.8, 4) is 0 Å². The van der Waals surface area contributed by atoms with E-state index in [0.717, 1.165) is 11.1 Å². The highest BCUT2D eigenvalue weighted by atomic mass is 16.4. The van der Waals surface area contributed by atoms with Crippen molar-refractivity contribution in [3.05, 3.63) is 35.4 Å². The monoisotopic (exact) mass is 175 g/mol. The molecular formula is C9H9N3O. The number of nitrogens with two attached hydrogens (primary N) is 1. The fourth-order valence-corrected chi connectivity index (χ4v) is 1.55. The summed E-state index contributed by atoms with van der Waals surface area (Å²) >= 11 is 0. The number of fused-ring (bicyclic) bond motifs is 1. The van der Waals surface area contributed by atoms with Crippen LogP contribution in [0.4, 0.5) is 0 Å². The second kappa shape index (κ2) is 2.90. The molecule has 2 rings (SSSR count). The zero-order valence-corrected chi connectivity index (χ0v) is 6.94. The van der Waals surface area contributed by atoms with Crippen molar-refractivity contribution >= 4 is 11.4 Å². The van der Waals surface area contributed by atoms with Gasteiger partial charge in [-0.25, -0.2) is 0 Å². The van der Waals surface area contributed by atoms with E-state index in [2.05, 4.69) is 10.3 Å². The lowest BCUT2D eigenvalue weighted by molar-refractivity contribution is 0.319. The first-order valence-corrected chi connectivity index (χ1v) is 3.94. The van der Waals surface area contributed by atoms with E-state index in [0.29, 0.717) is 17.8 Å². The van der Waals surface area contributed by atoms with Crippen LogP contribution in [0.5, 0.6) is 0 Å². The van der Waals surface area contributed by atoms with Crippen LogP contribution in [0.1, 0.15) is 11.1 Å². The molecule has 1 aliphatic carbocycles. The summed E-state index contributed by atoms with van der Waals surface area (Å²) in [7, 11) is 0. The van der Waals surface area contributed by atoms with E-state index in [1.807, 2.05) is 24.3 Å². The maximum absolute atomic E-state index is 8.69. The Kier molecular flexibility index (Phi) is 1.73. The molecule has 0 aromatic heterocycles. The molecule has 1 aromatic rings. The second-order valence-corrected chi connectivity index (χ2v) is 2.86. The number of benzene rings is 1. The Morgan fingerprint density at radius 2 is 2.08 bits per heavy atom. The van der Waals surface area contributed by atoms with E-state index >= 15 is 0 Å². The zero-order valence-electron chi connectivity index (χ0n) is 6.94. The van der Waals surface area contributed by atoms with Crippen LogP contribution >= 0.6 is 0 Å². The number of nitrogens with zero attached hydrogens (tertiary/aromatic N) is 2. The number of hydrogen-bond donors (Lipinski definition) is 2. The summed E-state index contributed by atoms with van der Waals surface area (Å²) < 4.78 is 0. The first-order chi connectivity index (χ1) is 6.36. The van der Waals surface area contributed by atoms with Gasteiger partial charge in [-0.3, -0.25) is 0 Å². The normalized spacial score (nSPS) is 20.9. The molecule has 4 nitrogen and oxygen atoms in total. The third-order valence-electron chi connectivity index (χ3n) is 2.15. The van der Waals surface area contributed by atoms with Gasteiger partial charge in [-0.15, -0.1) is 0 Å². The molecule has 0 saturated heterocycles. The molecule has 1 aromatic carbocycles. The summed E-state index contributed by atoms with van der Waals surface area (Å²) in [5.74, 6) is 5.21. The minimum absolute atomic E-state index is 0.531. The average molecular weight is 175 g/mol. The quantitative estimate of drug-likeness (QED) is 0.347. The van der Waals surface area contributed by atoms with Gasteiger partial charge in [0.05, 0.1) is 0 Å². The van der Waals surface area contributed by atoms with Crippen LogP contribution in [0, 0.1) is 0 Å². The van der Waals surface area contributed by atoms with Crippen LogP contribution in [0.25, 0.3) is 0 Å². The number of oxime groups is 1. The summed E-state index contributed by atoms with van der Waals surface area (Å²) in [4.78, 5) is 0. The summed E-state index contributed by atoms with van der Waals surface area (Å²) in [5.41, 5.74) is 3.17. The maximum Gasteiger partial charge on any atom is 0.115 e. The minimum atomic E-state index is 0.531. The third kappa shape index (κ3) is 1.07.